The summed E-state index contributed by atoms with van der Waals surface area (Å²) in [6.45, 7) is 3.22. The van der Waals surface area contributed by atoms with E-state index in [1.54, 1.807) is 6.20 Å². The SMILES string of the molecule is Cc1ccc2cc([C@H](c3nnnn3C3CCCCC3)N(Cc3ccccc3)Cc3cccnc3)c(=O)[nH]c2c1. The van der Waals surface area contributed by atoms with E-state index in [1.165, 1.54) is 6.42 Å². The molecule has 0 unspecified atom stereocenters. The number of benzene rings is 2. The molecule has 5 aromatic rings. The fraction of sp³-hybridized carbons (Fsp3) is 0.323. The van der Waals surface area contributed by atoms with E-state index in [1.807, 2.05) is 54.2 Å². The number of aromatic nitrogens is 6. The molecule has 1 N–H and O–H groups in total. The predicted octanol–water partition coefficient (Wildman–Crippen LogP) is 5.52. The highest BCUT2D eigenvalue weighted by Crippen LogP contribution is 2.34. The summed E-state index contributed by atoms with van der Waals surface area (Å²) in [5.74, 6) is 0.707. The zero-order chi connectivity index (χ0) is 26.6. The Kier molecular flexibility index (Phi) is 7.27. The van der Waals surface area contributed by atoms with E-state index in [9.17, 15) is 4.79 Å². The van der Waals surface area contributed by atoms with Crippen LogP contribution < -0.4 is 5.56 Å². The topological polar surface area (TPSA) is 92.6 Å². The molecule has 1 aliphatic carbocycles. The van der Waals surface area contributed by atoms with Gasteiger partial charge in [0.2, 0.25) is 0 Å². The Labute approximate surface area is 227 Å². The van der Waals surface area contributed by atoms with Crippen molar-refractivity contribution in [2.24, 2.45) is 0 Å². The first-order valence-electron chi connectivity index (χ1n) is 13.7. The molecule has 1 atom stereocenters. The van der Waals surface area contributed by atoms with E-state index in [0.717, 1.165) is 53.3 Å². The summed E-state index contributed by atoms with van der Waals surface area (Å²) in [5.41, 5.74) is 4.65. The molecule has 8 nitrogen and oxygen atoms in total. The van der Waals surface area contributed by atoms with Gasteiger partial charge >= 0.3 is 0 Å². The molecule has 198 valence electrons. The molecular weight excluding hydrogens is 486 g/mol. The largest absolute Gasteiger partial charge is 0.322 e. The highest BCUT2D eigenvalue weighted by molar-refractivity contribution is 5.79. The first-order chi connectivity index (χ1) is 19.2. The van der Waals surface area contributed by atoms with Crippen LogP contribution in [-0.2, 0) is 13.1 Å². The van der Waals surface area contributed by atoms with Gasteiger partial charge in [0.25, 0.3) is 5.56 Å². The van der Waals surface area contributed by atoms with Gasteiger partial charge in [-0.1, -0.05) is 67.8 Å². The number of pyridine rings is 2. The van der Waals surface area contributed by atoms with Crippen molar-refractivity contribution in [3.05, 3.63) is 118 Å². The molecule has 3 aromatic heterocycles. The molecule has 3 heterocycles. The quantitative estimate of drug-likeness (QED) is 0.290. The maximum absolute atomic E-state index is 13.8. The van der Waals surface area contributed by atoms with Gasteiger partial charge in [-0.05, 0) is 70.5 Å². The second-order valence-corrected chi connectivity index (χ2v) is 10.6. The van der Waals surface area contributed by atoms with Crippen molar-refractivity contribution in [3.63, 3.8) is 0 Å². The second-order valence-electron chi connectivity index (χ2n) is 10.6. The fourth-order valence-corrected chi connectivity index (χ4v) is 5.78. The van der Waals surface area contributed by atoms with Crippen LogP contribution in [0.1, 0.15) is 72.3 Å². The third-order valence-electron chi connectivity index (χ3n) is 7.71. The number of H-pyrrole nitrogens is 1. The van der Waals surface area contributed by atoms with Gasteiger partial charge < -0.3 is 4.98 Å². The third kappa shape index (κ3) is 5.52. The summed E-state index contributed by atoms with van der Waals surface area (Å²) >= 11 is 0. The Morgan fingerprint density at radius 1 is 0.974 bits per heavy atom. The molecule has 0 bridgehead atoms. The van der Waals surface area contributed by atoms with Crippen LogP contribution in [0.2, 0.25) is 0 Å². The van der Waals surface area contributed by atoms with Crippen molar-refractivity contribution < 1.29 is 0 Å². The molecule has 39 heavy (non-hydrogen) atoms. The molecule has 0 amide bonds. The van der Waals surface area contributed by atoms with Gasteiger partial charge in [-0.15, -0.1) is 5.10 Å². The maximum Gasteiger partial charge on any atom is 0.253 e. The molecule has 0 spiro atoms. The number of nitrogens with zero attached hydrogens (tertiary/aromatic N) is 6. The van der Waals surface area contributed by atoms with Crippen LogP contribution in [0.15, 0.2) is 83.9 Å². The van der Waals surface area contributed by atoms with Crippen LogP contribution >= 0.6 is 0 Å². The lowest BCUT2D eigenvalue weighted by molar-refractivity contribution is 0.186. The van der Waals surface area contributed by atoms with Crippen molar-refractivity contribution in [2.75, 3.05) is 0 Å². The monoisotopic (exact) mass is 519 g/mol. The van der Waals surface area contributed by atoms with Crippen molar-refractivity contribution in [1.82, 2.24) is 35.1 Å². The number of hydrogen-bond donors (Lipinski definition) is 1. The van der Waals surface area contributed by atoms with Gasteiger partial charge in [0.15, 0.2) is 5.82 Å². The van der Waals surface area contributed by atoms with E-state index in [4.69, 9.17) is 0 Å². The number of hydrogen-bond acceptors (Lipinski definition) is 6. The minimum atomic E-state index is -0.461. The minimum Gasteiger partial charge on any atom is -0.322 e. The molecule has 2 aromatic carbocycles. The molecule has 0 radical (unpaired) electrons. The van der Waals surface area contributed by atoms with Gasteiger partial charge in [0.1, 0.15) is 6.04 Å². The summed E-state index contributed by atoms with van der Waals surface area (Å²) < 4.78 is 1.99. The van der Waals surface area contributed by atoms with Gasteiger partial charge in [0, 0.05) is 36.6 Å². The number of fused-ring (bicyclic) bond motifs is 1. The molecule has 6 rings (SSSR count). The predicted molar refractivity (Wildman–Crippen MR) is 151 cm³/mol. The number of aromatic amines is 1. The molecular formula is C31H33N7O. The summed E-state index contributed by atoms with van der Waals surface area (Å²) in [5, 5.41) is 14.2. The van der Waals surface area contributed by atoms with Gasteiger partial charge in [0.05, 0.1) is 6.04 Å². The molecule has 0 aliphatic heterocycles. The molecule has 8 heteroatoms. The van der Waals surface area contributed by atoms with E-state index >= 15 is 0 Å². The van der Waals surface area contributed by atoms with Crippen LogP contribution in [0.4, 0.5) is 0 Å². The Bertz CT molecular complexity index is 1550. The zero-order valence-corrected chi connectivity index (χ0v) is 22.2. The standard InChI is InChI=1S/C31H33N7O/c1-22-14-15-25-18-27(31(39)33-28(25)17-22)29(30-34-35-36-38(30)26-12-6-3-7-13-26)37(20-23-9-4-2-5-10-23)21-24-11-8-16-32-19-24/h2,4-5,8-11,14-19,26,29H,3,6-7,12-13,20-21H2,1H3,(H,33,39)/t29-/m1/s1. The number of tetrazole rings is 1. The molecule has 1 aliphatic rings. The normalized spacial score (nSPS) is 15.1. The average molecular weight is 520 g/mol. The number of nitrogens with one attached hydrogen (secondary N) is 1. The van der Waals surface area contributed by atoms with Crippen LogP contribution in [0.3, 0.4) is 0 Å². The first-order valence-corrected chi connectivity index (χ1v) is 13.7. The van der Waals surface area contributed by atoms with Gasteiger partial charge in [-0.2, -0.15) is 0 Å². The van der Waals surface area contributed by atoms with Crippen molar-refractivity contribution in [2.45, 2.75) is 64.2 Å². The summed E-state index contributed by atoms with van der Waals surface area (Å²) in [6.07, 6.45) is 9.30. The van der Waals surface area contributed by atoms with Crippen molar-refractivity contribution >= 4 is 10.9 Å². The van der Waals surface area contributed by atoms with Crippen molar-refractivity contribution in [3.8, 4) is 0 Å². The minimum absolute atomic E-state index is 0.124. The summed E-state index contributed by atoms with van der Waals surface area (Å²) in [7, 11) is 0. The van der Waals surface area contributed by atoms with Crippen molar-refractivity contribution in [1.29, 1.82) is 0 Å². The van der Waals surface area contributed by atoms with Gasteiger partial charge in [-0.3, -0.25) is 14.7 Å². The lowest BCUT2D eigenvalue weighted by Crippen LogP contribution is -2.35. The molecule has 0 saturated heterocycles. The second kappa shape index (κ2) is 11.3. The maximum atomic E-state index is 13.8. The van der Waals surface area contributed by atoms with E-state index in [2.05, 4.69) is 60.7 Å². The van der Waals surface area contributed by atoms with E-state index < -0.39 is 6.04 Å². The van der Waals surface area contributed by atoms with Crippen LogP contribution in [0.25, 0.3) is 10.9 Å². The Hall–Kier alpha value is -4.17. The highest BCUT2D eigenvalue weighted by Gasteiger charge is 2.33. The first kappa shape index (κ1) is 25.1. The van der Waals surface area contributed by atoms with Crippen LogP contribution in [-0.4, -0.2) is 35.1 Å². The lowest BCUT2D eigenvalue weighted by atomic mass is 9.95. The van der Waals surface area contributed by atoms with E-state index in [0.29, 0.717) is 24.5 Å². The number of rotatable bonds is 8. The van der Waals surface area contributed by atoms with Gasteiger partial charge in [-0.25, -0.2) is 4.68 Å². The third-order valence-corrected chi connectivity index (χ3v) is 7.71. The Balaban J connectivity index is 1.53. The van der Waals surface area contributed by atoms with Crippen LogP contribution in [0.5, 0.6) is 0 Å². The zero-order valence-electron chi connectivity index (χ0n) is 22.2. The van der Waals surface area contributed by atoms with E-state index in [-0.39, 0.29) is 11.6 Å². The molecule has 1 saturated carbocycles. The Morgan fingerprint density at radius 3 is 2.56 bits per heavy atom. The average Bonchev–Trinajstić information content (AvgIpc) is 3.44. The molecule has 1 fully saturated rings. The smallest absolute Gasteiger partial charge is 0.253 e. The Morgan fingerprint density at radius 2 is 1.77 bits per heavy atom. The summed E-state index contributed by atoms with van der Waals surface area (Å²) in [6, 6.07) is 22.3. The summed E-state index contributed by atoms with van der Waals surface area (Å²) in [4.78, 5) is 23.6. The number of aryl methyl sites for hydroxylation is 1. The lowest BCUT2D eigenvalue weighted by Gasteiger charge is -2.32. The van der Waals surface area contributed by atoms with Crippen LogP contribution in [0, 0.1) is 6.92 Å². The fourth-order valence-electron chi connectivity index (χ4n) is 5.78. The highest BCUT2D eigenvalue weighted by atomic mass is 16.1.